The normalized spacial score (nSPS) is 19.3. The predicted molar refractivity (Wildman–Crippen MR) is 136 cm³/mol. The zero-order valence-corrected chi connectivity index (χ0v) is 21.8. The fourth-order valence-corrected chi connectivity index (χ4v) is 5.68. The molecule has 1 atom stereocenters. The number of carbonyl (C=O) groups excluding carboxylic acids is 3. The van der Waals surface area contributed by atoms with Crippen LogP contribution in [0.5, 0.6) is 5.75 Å². The van der Waals surface area contributed by atoms with Crippen LogP contribution in [0.4, 0.5) is 4.79 Å². The monoisotopic (exact) mass is 541 g/mol. The molecule has 1 aromatic heterocycles. The van der Waals surface area contributed by atoms with E-state index >= 15 is 0 Å². The lowest BCUT2D eigenvalue weighted by molar-refractivity contribution is -0.125. The Bertz CT molecular complexity index is 1570. The first-order chi connectivity index (χ1) is 18.0. The van der Waals surface area contributed by atoms with Gasteiger partial charge in [-0.1, -0.05) is 6.07 Å². The summed E-state index contributed by atoms with van der Waals surface area (Å²) in [6, 6.07) is 10.3. The number of methoxy groups -OCH3 is 1. The molecule has 0 radical (unpaired) electrons. The molecule has 1 fully saturated rings. The van der Waals surface area contributed by atoms with E-state index in [0.717, 1.165) is 5.56 Å². The zero-order chi connectivity index (χ0) is 27.2. The van der Waals surface area contributed by atoms with Gasteiger partial charge in [0, 0.05) is 30.6 Å². The van der Waals surface area contributed by atoms with Crippen LogP contribution in [-0.2, 0) is 26.9 Å². The average Bonchev–Trinajstić information content (AvgIpc) is 3.52. The van der Waals surface area contributed by atoms with Crippen LogP contribution in [0.25, 0.3) is 11.0 Å². The number of nitrogens with zero attached hydrogens (tertiary/aromatic N) is 2. The lowest BCUT2D eigenvalue weighted by atomic mass is 9.95. The first kappa shape index (κ1) is 25.7. The number of nitrogens with one attached hydrogen (secondary N) is 3. The van der Waals surface area contributed by atoms with Crippen molar-refractivity contribution in [3.63, 3.8) is 0 Å². The second-order valence-electron chi connectivity index (χ2n) is 9.51. The highest BCUT2D eigenvalue weighted by Crippen LogP contribution is 2.35. The van der Waals surface area contributed by atoms with Crippen LogP contribution in [0.1, 0.15) is 21.7 Å². The first-order valence-electron chi connectivity index (χ1n) is 11.8. The van der Waals surface area contributed by atoms with Crippen molar-refractivity contribution in [2.45, 2.75) is 17.0 Å². The third kappa shape index (κ3) is 4.48. The Kier molecular flexibility index (Phi) is 6.37. The number of amides is 4. The van der Waals surface area contributed by atoms with Gasteiger partial charge in [-0.15, -0.1) is 0 Å². The lowest BCUT2D eigenvalue weighted by Crippen LogP contribution is -2.52. The van der Waals surface area contributed by atoms with Crippen LogP contribution < -0.4 is 20.1 Å². The van der Waals surface area contributed by atoms with Crippen LogP contribution in [0.3, 0.4) is 0 Å². The molecule has 2 aliphatic heterocycles. The summed E-state index contributed by atoms with van der Waals surface area (Å²) in [6.07, 6.45) is 0. The number of likely N-dealkylation sites (N-methyl/N-ethyl adjacent to an activating group) is 1. The summed E-state index contributed by atoms with van der Waals surface area (Å²) >= 11 is 0. The van der Waals surface area contributed by atoms with Gasteiger partial charge >= 0.3 is 6.03 Å². The molecule has 5 rings (SSSR count). The third-order valence-electron chi connectivity index (χ3n) is 6.64. The lowest BCUT2D eigenvalue weighted by Gasteiger charge is -2.29. The summed E-state index contributed by atoms with van der Waals surface area (Å²) < 4.78 is 39.3. The number of benzene rings is 2. The molecule has 1 saturated heterocycles. The maximum Gasteiger partial charge on any atom is 0.322 e. The number of sulfonamides is 1. The van der Waals surface area contributed by atoms with Gasteiger partial charge in [0.05, 0.1) is 18.6 Å². The second kappa shape index (κ2) is 9.42. The van der Waals surface area contributed by atoms with E-state index in [1.165, 1.54) is 36.3 Å². The average molecular weight is 542 g/mol. The number of imide groups is 1. The van der Waals surface area contributed by atoms with E-state index in [0.29, 0.717) is 28.8 Å². The van der Waals surface area contributed by atoms with Gasteiger partial charge in [-0.05, 0) is 56.1 Å². The van der Waals surface area contributed by atoms with Gasteiger partial charge in [0.1, 0.15) is 17.1 Å². The Labute approximate surface area is 218 Å². The maximum atomic E-state index is 13.2. The molecule has 0 aliphatic carbocycles. The molecule has 13 heteroatoms. The summed E-state index contributed by atoms with van der Waals surface area (Å²) in [5.41, 5.74) is -0.176. The molecule has 4 amide bonds. The largest absolute Gasteiger partial charge is 0.497 e. The maximum absolute atomic E-state index is 13.2. The van der Waals surface area contributed by atoms with Crippen LogP contribution in [0.15, 0.2) is 51.8 Å². The van der Waals surface area contributed by atoms with E-state index in [4.69, 9.17) is 9.15 Å². The summed E-state index contributed by atoms with van der Waals surface area (Å²) in [4.78, 5) is 41.9. The quantitative estimate of drug-likeness (QED) is 0.339. The second-order valence-corrected chi connectivity index (χ2v) is 11.3. The summed E-state index contributed by atoms with van der Waals surface area (Å²) in [5.74, 6) is -0.395. The Balaban J connectivity index is 1.47. The first-order valence-corrected chi connectivity index (χ1v) is 13.3. The Hall–Kier alpha value is -3.94. The van der Waals surface area contributed by atoms with Gasteiger partial charge in [-0.2, -0.15) is 0 Å². The minimum absolute atomic E-state index is 0.0317. The van der Waals surface area contributed by atoms with Crippen LogP contribution in [0, 0.1) is 0 Å². The fourth-order valence-electron chi connectivity index (χ4n) is 4.62. The van der Waals surface area contributed by atoms with Crippen LogP contribution in [0.2, 0.25) is 0 Å². The van der Waals surface area contributed by atoms with Gasteiger partial charge in [-0.25, -0.2) is 17.9 Å². The van der Waals surface area contributed by atoms with Crippen molar-refractivity contribution < 1.29 is 32.0 Å². The molecule has 2 aliphatic rings. The third-order valence-corrected chi connectivity index (χ3v) is 8.09. The number of ether oxygens (including phenoxy) is 1. The molecule has 3 heterocycles. The molecule has 3 aromatic rings. The van der Waals surface area contributed by atoms with Crippen LogP contribution in [-0.4, -0.2) is 76.9 Å². The van der Waals surface area contributed by atoms with Crippen LogP contribution >= 0.6 is 0 Å². The molecule has 0 bridgehead atoms. The van der Waals surface area contributed by atoms with E-state index in [1.807, 2.05) is 19.0 Å². The molecule has 12 nitrogen and oxygen atoms in total. The molecular weight excluding hydrogens is 514 g/mol. The standard InChI is InChI=1S/C25H27N5O7S/c1-29(2)9-8-26-38(34,35)18-6-7-20-16(10-18)11-21(37-20)25(23(32)27-24(33)28-25)14-30-13-15-4-5-17(36-3)12-19(15)22(30)31/h4-7,10-12,26H,8-9,13-14H2,1-3H3,(H2,27,28,32,33)/t25-/m0/s1. The van der Waals surface area contributed by atoms with Crippen molar-refractivity contribution in [3.8, 4) is 5.75 Å². The number of urea groups is 1. The molecule has 0 saturated carbocycles. The van der Waals surface area contributed by atoms with Gasteiger partial charge in [0.25, 0.3) is 11.8 Å². The topological polar surface area (TPSA) is 150 Å². The van der Waals surface area contributed by atoms with Crippen molar-refractivity contribution in [1.29, 1.82) is 0 Å². The smallest absolute Gasteiger partial charge is 0.322 e. The molecule has 200 valence electrons. The molecule has 0 unspecified atom stereocenters. The van der Waals surface area contributed by atoms with Crippen molar-refractivity contribution in [2.75, 3.05) is 40.8 Å². The Morgan fingerprint density at radius 1 is 1.13 bits per heavy atom. The number of rotatable bonds is 9. The van der Waals surface area contributed by atoms with E-state index in [-0.39, 0.29) is 36.2 Å². The molecular formula is C25H27N5O7S. The summed E-state index contributed by atoms with van der Waals surface area (Å²) in [5, 5.41) is 5.28. The number of carbonyl (C=O) groups is 3. The SMILES string of the molecule is COc1ccc2c(c1)C(=O)N(C[C@@]1(c3cc4cc(S(=O)(=O)NCCN(C)C)ccc4o3)NC(=O)NC1=O)C2. The number of hydrogen-bond acceptors (Lipinski definition) is 8. The Morgan fingerprint density at radius 2 is 1.92 bits per heavy atom. The molecule has 38 heavy (non-hydrogen) atoms. The number of hydrogen-bond donors (Lipinski definition) is 3. The van der Waals surface area contributed by atoms with E-state index in [1.54, 1.807) is 18.2 Å². The van der Waals surface area contributed by atoms with Gasteiger partial charge in [0.15, 0.2) is 5.54 Å². The highest BCUT2D eigenvalue weighted by atomic mass is 32.2. The van der Waals surface area contributed by atoms with E-state index in [9.17, 15) is 22.8 Å². The number of furan rings is 1. The number of fused-ring (bicyclic) bond motifs is 2. The fraction of sp³-hybridized carbons (Fsp3) is 0.320. The minimum Gasteiger partial charge on any atom is -0.497 e. The van der Waals surface area contributed by atoms with E-state index < -0.39 is 27.5 Å². The Morgan fingerprint density at radius 3 is 2.61 bits per heavy atom. The van der Waals surface area contributed by atoms with Gasteiger partial charge in [0.2, 0.25) is 10.0 Å². The van der Waals surface area contributed by atoms with Gasteiger partial charge in [-0.3, -0.25) is 14.9 Å². The van der Waals surface area contributed by atoms with Gasteiger partial charge < -0.3 is 24.3 Å². The summed E-state index contributed by atoms with van der Waals surface area (Å²) in [6.45, 7) is 0.791. The molecule has 2 aromatic carbocycles. The molecule has 3 N–H and O–H groups in total. The minimum atomic E-state index is -3.78. The summed E-state index contributed by atoms with van der Waals surface area (Å²) in [7, 11) is 1.40. The highest BCUT2D eigenvalue weighted by Gasteiger charge is 2.53. The van der Waals surface area contributed by atoms with Crippen molar-refractivity contribution in [2.24, 2.45) is 0 Å². The van der Waals surface area contributed by atoms with E-state index in [2.05, 4.69) is 15.4 Å². The van der Waals surface area contributed by atoms with Crippen molar-refractivity contribution in [3.05, 3.63) is 59.4 Å². The zero-order valence-electron chi connectivity index (χ0n) is 21.0. The molecule has 0 spiro atoms. The highest BCUT2D eigenvalue weighted by molar-refractivity contribution is 7.89. The predicted octanol–water partition coefficient (Wildman–Crippen LogP) is 0.972. The van der Waals surface area contributed by atoms with Crippen molar-refractivity contribution in [1.82, 2.24) is 25.2 Å². The van der Waals surface area contributed by atoms with Crippen molar-refractivity contribution >= 4 is 38.8 Å².